The summed E-state index contributed by atoms with van der Waals surface area (Å²) >= 11 is 0. The van der Waals surface area contributed by atoms with Crippen LogP contribution in [0.15, 0.2) is 24.3 Å². The van der Waals surface area contributed by atoms with Gasteiger partial charge >= 0.3 is 0 Å². The zero-order valence-corrected chi connectivity index (χ0v) is 9.00. The number of nitrogens with one attached hydrogen (secondary N) is 1. The maximum Gasteiger partial charge on any atom is 0.147 e. The lowest BCUT2D eigenvalue weighted by atomic mass is 10.0. The molecule has 0 amide bonds. The van der Waals surface area contributed by atoms with Crippen molar-refractivity contribution >= 4 is 5.78 Å². The van der Waals surface area contributed by atoms with Gasteiger partial charge in [-0.15, -0.1) is 0 Å². The van der Waals surface area contributed by atoms with E-state index in [2.05, 4.69) is 36.5 Å². The highest BCUT2D eigenvalue weighted by molar-refractivity contribution is 5.81. The van der Waals surface area contributed by atoms with E-state index < -0.39 is 0 Å². The van der Waals surface area contributed by atoms with Crippen molar-refractivity contribution in [1.82, 2.24) is 5.32 Å². The summed E-state index contributed by atoms with van der Waals surface area (Å²) in [6.45, 7) is 3.68. The van der Waals surface area contributed by atoms with Crippen LogP contribution in [-0.4, -0.2) is 18.9 Å². The molecule has 0 aliphatic heterocycles. The van der Waals surface area contributed by atoms with Gasteiger partial charge in [0.25, 0.3) is 0 Å². The van der Waals surface area contributed by atoms with E-state index in [1.807, 2.05) is 7.05 Å². The molecule has 1 aromatic rings. The van der Waals surface area contributed by atoms with E-state index in [-0.39, 0.29) is 11.8 Å². The summed E-state index contributed by atoms with van der Waals surface area (Å²) in [4.78, 5) is 11.2. The smallest absolute Gasteiger partial charge is 0.147 e. The molecule has 0 fully saturated rings. The second-order valence-corrected chi connectivity index (χ2v) is 3.64. The number of benzene rings is 1. The third-order valence-electron chi connectivity index (χ3n) is 2.40. The van der Waals surface area contributed by atoms with Gasteiger partial charge in [0, 0.05) is 0 Å². The Morgan fingerprint density at radius 2 is 1.93 bits per heavy atom. The van der Waals surface area contributed by atoms with Crippen LogP contribution in [0.5, 0.6) is 0 Å². The average molecular weight is 191 g/mol. The highest BCUT2D eigenvalue weighted by Gasteiger charge is 2.11. The molecule has 0 saturated carbocycles. The minimum Gasteiger partial charge on any atom is -0.310 e. The molecule has 76 valence electrons. The lowest BCUT2D eigenvalue weighted by Crippen LogP contribution is -2.34. The zero-order valence-electron chi connectivity index (χ0n) is 9.00. The van der Waals surface area contributed by atoms with Gasteiger partial charge in [-0.05, 0) is 32.9 Å². The number of hydrogen-bond donors (Lipinski definition) is 1. The van der Waals surface area contributed by atoms with Crippen molar-refractivity contribution in [2.24, 2.45) is 0 Å². The van der Waals surface area contributed by atoms with Crippen molar-refractivity contribution in [3.05, 3.63) is 35.4 Å². The summed E-state index contributed by atoms with van der Waals surface area (Å²) in [5.41, 5.74) is 2.45. The number of Topliss-reactive ketones (excluding diaryl/α,β-unsaturated/α-hetero) is 1. The fourth-order valence-electron chi connectivity index (χ4n) is 1.41. The molecule has 14 heavy (non-hydrogen) atoms. The van der Waals surface area contributed by atoms with Crippen LogP contribution in [0.2, 0.25) is 0 Å². The maximum atomic E-state index is 11.2. The number of likely N-dealkylation sites (N-methyl/N-ethyl adjacent to an activating group) is 1. The quantitative estimate of drug-likeness (QED) is 0.785. The first-order valence-electron chi connectivity index (χ1n) is 4.86. The lowest BCUT2D eigenvalue weighted by Gasteiger charge is -2.12. The van der Waals surface area contributed by atoms with E-state index in [0.717, 1.165) is 6.42 Å². The molecule has 0 unspecified atom stereocenters. The second-order valence-electron chi connectivity index (χ2n) is 3.64. The Balaban J connectivity index is 2.67. The summed E-state index contributed by atoms with van der Waals surface area (Å²) in [7, 11) is 1.82. The lowest BCUT2D eigenvalue weighted by molar-refractivity contribution is -0.118. The van der Waals surface area contributed by atoms with E-state index in [1.165, 1.54) is 11.1 Å². The van der Waals surface area contributed by atoms with Crippen LogP contribution in [0, 0.1) is 6.92 Å². The standard InChI is InChI=1S/C12H17NO/c1-9-4-6-11(7-5-9)8-12(13-3)10(2)14/h4-7,12-13H,8H2,1-3H3/t12-/m0/s1. The highest BCUT2D eigenvalue weighted by atomic mass is 16.1. The monoisotopic (exact) mass is 191 g/mol. The normalized spacial score (nSPS) is 12.5. The van der Waals surface area contributed by atoms with Crippen LogP contribution in [0.25, 0.3) is 0 Å². The topological polar surface area (TPSA) is 29.1 Å². The molecule has 0 saturated heterocycles. The predicted octanol–water partition coefficient (Wildman–Crippen LogP) is 1.71. The van der Waals surface area contributed by atoms with Crippen molar-refractivity contribution in [1.29, 1.82) is 0 Å². The van der Waals surface area contributed by atoms with Gasteiger partial charge in [0.15, 0.2) is 0 Å². The third kappa shape index (κ3) is 2.96. The molecular weight excluding hydrogens is 174 g/mol. The molecule has 2 heteroatoms. The van der Waals surface area contributed by atoms with Crippen LogP contribution < -0.4 is 5.32 Å². The highest BCUT2D eigenvalue weighted by Crippen LogP contribution is 2.06. The predicted molar refractivity (Wildman–Crippen MR) is 58.4 cm³/mol. The van der Waals surface area contributed by atoms with E-state index >= 15 is 0 Å². The van der Waals surface area contributed by atoms with Crippen molar-refractivity contribution in [2.45, 2.75) is 26.3 Å². The largest absolute Gasteiger partial charge is 0.310 e. The van der Waals surface area contributed by atoms with Crippen LogP contribution >= 0.6 is 0 Å². The van der Waals surface area contributed by atoms with Crippen LogP contribution in [0.4, 0.5) is 0 Å². The van der Waals surface area contributed by atoms with Crippen molar-refractivity contribution in [2.75, 3.05) is 7.05 Å². The first-order chi connectivity index (χ1) is 6.63. The molecule has 1 aromatic carbocycles. The van der Waals surface area contributed by atoms with Gasteiger partial charge in [-0.1, -0.05) is 29.8 Å². The van der Waals surface area contributed by atoms with E-state index in [4.69, 9.17) is 0 Å². The van der Waals surface area contributed by atoms with Crippen LogP contribution in [0.1, 0.15) is 18.1 Å². The van der Waals surface area contributed by atoms with E-state index in [9.17, 15) is 4.79 Å². The number of carbonyl (C=O) groups is 1. The minimum absolute atomic E-state index is 0.0577. The first-order valence-corrected chi connectivity index (χ1v) is 4.86. The van der Waals surface area contributed by atoms with E-state index in [0.29, 0.717) is 0 Å². The van der Waals surface area contributed by atoms with Crippen LogP contribution in [0.3, 0.4) is 0 Å². The number of aryl methyl sites for hydroxylation is 1. The first kappa shape index (κ1) is 10.9. The van der Waals surface area contributed by atoms with E-state index in [1.54, 1.807) is 6.92 Å². The molecule has 0 bridgehead atoms. The van der Waals surface area contributed by atoms with Gasteiger partial charge in [-0.2, -0.15) is 0 Å². The van der Waals surface area contributed by atoms with Crippen molar-refractivity contribution in [3.63, 3.8) is 0 Å². The third-order valence-corrected chi connectivity index (χ3v) is 2.40. The Morgan fingerprint density at radius 1 is 1.36 bits per heavy atom. The summed E-state index contributed by atoms with van der Waals surface area (Å²) in [6, 6.07) is 8.23. The molecule has 0 radical (unpaired) electrons. The molecular formula is C12H17NO. The Bertz CT molecular complexity index is 303. The summed E-state index contributed by atoms with van der Waals surface area (Å²) in [5, 5.41) is 3.02. The molecule has 1 rings (SSSR count). The van der Waals surface area contributed by atoms with Gasteiger partial charge in [0.1, 0.15) is 5.78 Å². The Labute approximate surface area is 85.3 Å². The molecule has 0 spiro atoms. The summed E-state index contributed by atoms with van der Waals surface area (Å²) < 4.78 is 0. The summed E-state index contributed by atoms with van der Waals surface area (Å²) in [5.74, 6) is 0.188. The van der Waals surface area contributed by atoms with Crippen molar-refractivity contribution in [3.8, 4) is 0 Å². The number of ketones is 1. The summed E-state index contributed by atoms with van der Waals surface area (Å²) in [6.07, 6.45) is 0.770. The number of hydrogen-bond acceptors (Lipinski definition) is 2. The van der Waals surface area contributed by atoms with Gasteiger partial charge < -0.3 is 5.32 Å². The number of carbonyl (C=O) groups excluding carboxylic acids is 1. The molecule has 0 aliphatic rings. The zero-order chi connectivity index (χ0) is 10.6. The maximum absolute atomic E-state index is 11.2. The molecule has 0 heterocycles. The Hall–Kier alpha value is -1.15. The molecule has 1 atom stereocenters. The van der Waals surface area contributed by atoms with Gasteiger partial charge in [0.05, 0.1) is 6.04 Å². The molecule has 0 aliphatic carbocycles. The fraction of sp³-hybridized carbons (Fsp3) is 0.417. The minimum atomic E-state index is -0.0577. The SMILES string of the molecule is CN[C@@H](Cc1ccc(C)cc1)C(C)=O. The molecule has 2 nitrogen and oxygen atoms in total. The second kappa shape index (κ2) is 4.91. The Kier molecular flexibility index (Phi) is 3.84. The van der Waals surface area contributed by atoms with Gasteiger partial charge in [0.2, 0.25) is 0 Å². The van der Waals surface area contributed by atoms with Crippen molar-refractivity contribution < 1.29 is 4.79 Å². The average Bonchev–Trinajstić information content (AvgIpc) is 2.16. The molecule has 1 N–H and O–H groups in total. The number of rotatable bonds is 4. The van der Waals surface area contributed by atoms with Crippen LogP contribution in [-0.2, 0) is 11.2 Å². The molecule has 0 aromatic heterocycles. The van der Waals surface area contributed by atoms with Gasteiger partial charge in [-0.25, -0.2) is 0 Å². The van der Waals surface area contributed by atoms with Gasteiger partial charge in [-0.3, -0.25) is 4.79 Å². The Morgan fingerprint density at radius 3 is 2.36 bits per heavy atom. The fourth-order valence-corrected chi connectivity index (χ4v) is 1.41.